The van der Waals surface area contributed by atoms with Crippen LogP contribution in [-0.4, -0.2) is 63.8 Å². The van der Waals surface area contributed by atoms with Crippen LogP contribution in [0.15, 0.2) is 4.99 Å². The van der Waals surface area contributed by atoms with Crippen molar-refractivity contribution in [1.29, 1.82) is 0 Å². The first kappa shape index (κ1) is 19.9. The van der Waals surface area contributed by atoms with Crippen LogP contribution in [0.4, 0.5) is 0 Å². The predicted molar refractivity (Wildman–Crippen MR) is 96.1 cm³/mol. The zero-order chi connectivity index (χ0) is 14.1. The van der Waals surface area contributed by atoms with Crippen molar-refractivity contribution in [3.05, 3.63) is 0 Å². The smallest absolute Gasteiger partial charge is 0.190 e. The van der Waals surface area contributed by atoms with Gasteiger partial charge in [-0.3, -0.25) is 9.89 Å². The fourth-order valence-electron chi connectivity index (χ4n) is 2.82. The third-order valence-electron chi connectivity index (χ3n) is 4.05. The Bertz CT molecular complexity index is 266. The molecule has 0 aliphatic carbocycles. The average molecular weight is 398 g/mol. The minimum Gasteiger partial charge on any atom is -0.379 e. The maximum absolute atomic E-state index is 5.47. The lowest BCUT2D eigenvalue weighted by molar-refractivity contribution is 0.00273. The minimum absolute atomic E-state index is 0. The Hall–Kier alpha value is -0.0800. The van der Waals surface area contributed by atoms with Crippen molar-refractivity contribution in [3.63, 3.8) is 0 Å². The van der Waals surface area contributed by atoms with Gasteiger partial charge in [0.2, 0.25) is 0 Å². The number of ether oxygens (including phenoxy) is 1. The first-order valence-electron chi connectivity index (χ1n) is 7.46. The number of halogens is 1. The average Bonchev–Trinajstić information content (AvgIpc) is 2.48. The molecular weight excluding hydrogens is 367 g/mol. The molecule has 1 aliphatic heterocycles. The number of nitrogens with zero attached hydrogens (tertiary/aromatic N) is 2. The molecular formula is C14H31IN4O. The van der Waals surface area contributed by atoms with E-state index in [0.29, 0.717) is 6.04 Å². The van der Waals surface area contributed by atoms with Crippen LogP contribution >= 0.6 is 24.0 Å². The van der Waals surface area contributed by atoms with Crippen LogP contribution in [0.25, 0.3) is 0 Å². The number of morpholine rings is 1. The number of guanidine groups is 1. The molecule has 1 atom stereocenters. The molecule has 0 radical (unpaired) electrons. The fourth-order valence-corrected chi connectivity index (χ4v) is 2.82. The quantitative estimate of drug-likeness (QED) is 0.405. The molecule has 1 unspecified atom stereocenters. The van der Waals surface area contributed by atoms with Gasteiger partial charge in [-0.05, 0) is 5.92 Å². The van der Waals surface area contributed by atoms with Gasteiger partial charge in [-0.2, -0.15) is 0 Å². The van der Waals surface area contributed by atoms with E-state index >= 15 is 0 Å². The summed E-state index contributed by atoms with van der Waals surface area (Å²) in [5, 5.41) is 6.50. The third kappa shape index (κ3) is 6.13. The fraction of sp³-hybridized carbons (Fsp3) is 0.929. The summed E-state index contributed by atoms with van der Waals surface area (Å²) in [7, 11) is 3.70. The Morgan fingerprint density at radius 1 is 1.25 bits per heavy atom. The molecule has 0 saturated carbocycles. The Balaban J connectivity index is 0.00000361. The summed E-state index contributed by atoms with van der Waals surface area (Å²) in [6, 6.07) is 0.559. The first-order valence-corrected chi connectivity index (χ1v) is 7.46. The summed E-state index contributed by atoms with van der Waals surface area (Å²) < 4.78 is 5.47. The van der Waals surface area contributed by atoms with E-state index in [1.54, 1.807) is 7.05 Å². The molecule has 20 heavy (non-hydrogen) atoms. The highest BCUT2D eigenvalue weighted by molar-refractivity contribution is 14.0. The highest BCUT2D eigenvalue weighted by Crippen LogP contribution is 2.19. The van der Waals surface area contributed by atoms with Gasteiger partial charge in [0.05, 0.1) is 13.2 Å². The van der Waals surface area contributed by atoms with Crippen LogP contribution in [0.2, 0.25) is 0 Å². The molecule has 0 aromatic carbocycles. The van der Waals surface area contributed by atoms with Crippen molar-refractivity contribution in [2.45, 2.75) is 32.7 Å². The lowest BCUT2D eigenvalue weighted by Crippen LogP contribution is -2.53. The van der Waals surface area contributed by atoms with Crippen molar-refractivity contribution >= 4 is 29.9 Å². The van der Waals surface area contributed by atoms with Crippen LogP contribution in [-0.2, 0) is 4.74 Å². The summed E-state index contributed by atoms with van der Waals surface area (Å²) >= 11 is 0. The molecule has 2 N–H and O–H groups in total. The second kappa shape index (κ2) is 11.6. The molecule has 0 spiro atoms. The van der Waals surface area contributed by atoms with E-state index in [9.17, 15) is 0 Å². The summed E-state index contributed by atoms with van der Waals surface area (Å²) in [5.74, 6) is 1.59. The number of aliphatic imine (C=N–C) groups is 1. The zero-order valence-electron chi connectivity index (χ0n) is 13.3. The predicted octanol–water partition coefficient (Wildman–Crippen LogP) is 1.54. The minimum atomic E-state index is 0. The molecule has 1 heterocycles. The van der Waals surface area contributed by atoms with Crippen LogP contribution in [0.3, 0.4) is 0 Å². The topological polar surface area (TPSA) is 48.9 Å². The van der Waals surface area contributed by atoms with Crippen molar-refractivity contribution in [1.82, 2.24) is 15.5 Å². The zero-order valence-corrected chi connectivity index (χ0v) is 15.6. The molecule has 0 amide bonds. The van der Waals surface area contributed by atoms with Gasteiger partial charge < -0.3 is 15.4 Å². The maximum Gasteiger partial charge on any atom is 0.190 e. The molecule has 1 fully saturated rings. The van der Waals surface area contributed by atoms with Crippen LogP contribution in [0.5, 0.6) is 0 Å². The molecule has 5 nitrogen and oxygen atoms in total. The number of hydrogen-bond acceptors (Lipinski definition) is 3. The summed E-state index contributed by atoms with van der Waals surface area (Å²) in [4.78, 5) is 6.75. The molecule has 0 aromatic heterocycles. The normalized spacial score (nSPS) is 18.6. The lowest BCUT2D eigenvalue weighted by atomic mass is 9.92. The first-order chi connectivity index (χ1) is 9.26. The van der Waals surface area contributed by atoms with E-state index in [-0.39, 0.29) is 24.0 Å². The number of nitrogens with one attached hydrogen (secondary N) is 2. The maximum atomic E-state index is 5.47. The van der Waals surface area contributed by atoms with E-state index in [4.69, 9.17) is 4.74 Å². The van der Waals surface area contributed by atoms with Crippen LogP contribution < -0.4 is 10.6 Å². The van der Waals surface area contributed by atoms with E-state index in [0.717, 1.165) is 44.7 Å². The Labute approximate surface area is 140 Å². The molecule has 6 heteroatoms. The van der Waals surface area contributed by atoms with Gasteiger partial charge in [-0.15, -0.1) is 24.0 Å². The van der Waals surface area contributed by atoms with Crippen molar-refractivity contribution in [3.8, 4) is 0 Å². The largest absolute Gasteiger partial charge is 0.379 e. The van der Waals surface area contributed by atoms with Crippen molar-refractivity contribution in [2.24, 2.45) is 10.9 Å². The standard InChI is InChI=1S/C14H30N4O.HI/c1-5-12(6-2)13(11-17-14(15-3)16-4)18-7-9-19-10-8-18;/h12-13H,5-11H2,1-4H3,(H2,15,16,17);1H. The highest BCUT2D eigenvalue weighted by Gasteiger charge is 2.26. The van der Waals surface area contributed by atoms with Gasteiger partial charge in [0, 0.05) is 39.8 Å². The summed E-state index contributed by atoms with van der Waals surface area (Å²) in [6.07, 6.45) is 2.44. The SMILES string of the molecule is CCC(CC)C(CNC(=NC)NC)N1CCOCC1.I. The summed E-state index contributed by atoms with van der Waals surface area (Å²) in [6.45, 7) is 9.32. The van der Waals surface area contributed by atoms with Gasteiger partial charge >= 0.3 is 0 Å². The number of rotatable bonds is 6. The lowest BCUT2D eigenvalue weighted by Gasteiger charge is -2.39. The second-order valence-corrected chi connectivity index (χ2v) is 5.00. The molecule has 1 rings (SSSR count). The van der Waals surface area contributed by atoms with Gasteiger partial charge in [0.25, 0.3) is 0 Å². The summed E-state index contributed by atoms with van der Waals surface area (Å²) in [5.41, 5.74) is 0. The molecule has 120 valence electrons. The van der Waals surface area contributed by atoms with Crippen LogP contribution in [0.1, 0.15) is 26.7 Å². The van der Waals surface area contributed by atoms with E-state index < -0.39 is 0 Å². The number of hydrogen-bond donors (Lipinski definition) is 2. The molecule has 1 saturated heterocycles. The molecule has 0 bridgehead atoms. The highest BCUT2D eigenvalue weighted by atomic mass is 127. The van der Waals surface area contributed by atoms with Crippen LogP contribution in [0, 0.1) is 5.92 Å². The monoisotopic (exact) mass is 398 g/mol. The molecule has 0 aromatic rings. The van der Waals surface area contributed by atoms with Crippen molar-refractivity contribution < 1.29 is 4.74 Å². The molecule has 1 aliphatic rings. The van der Waals surface area contributed by atoms with E-state index in [2.05, 4.69) is 34.4 Å². The van der Waals surface area contributed by atoms with Gasteiger partial charge in [0.15, 0.2) is 5.96 Å². The Morgan fingerprint density at radius 3 is 2.30 bits per heavy atom. The van der Waals surface area contributed by atoms with Gasteiger partial charge in [0.1, 0.15) is 0 Å². The van der Waals surface area contributed by atoms with Crippen molar-refractivity contribution in [2.75, 3.05) is 46.9 Å². The van der Waals surface area contributed by atoms with Gasteiger partial charge in [-0.25, -0.2) is 0 Å². The van der Waals surface area contributed by atoms with E-state index in [1.165, 1.54) is 12.8 Å². The third-order valence-corrected chi connectivity index (χ3v) is 4.05. The second-order valence-electron chi connectivity index (χ2n) is 5.00. The van der Waals surface area contributed by atoms with Gasteiger partial charge in [-0.1, -0.05) is 26.7 Å². The van der Waals surface area contributed by atoms with E-state index in [1.807, 2.05) is 7.05 Å². The Kier molecular flexibility index (Phi) is 11.5. The Morgan fingerprint density at radius 2 is 1.85 bits per heavy atom.